The first-order valence-corrected chi connectivity index (χ1v) is 7.66. The average molecular weight is 274 g/mol. The highest BCUT2D eigenvalue weighted by atomic mass is 16.3. The van der Waals surface area contributed by atoms with E-state index in [-0.39, 0.29) is 0 Å². The Morgan fingerprint density at radius 2 is 1.62 bits per heavy atom. The van der Waals surface area contributed by atoms with Crippen LogP contribution in [0.25, 0.3) is 21.9 Å². The Balaban J connectivity index is 2.05. The van der Waals surface area contributed by atoms with Crippen molar-refractivity contribution in [3.63, 3.8) is 0 Å². The third-order valence-corrected chi connectivity index (χ3v) is 4.57. The van der Waals surface area contributed by atoms with Crippen molar-refractivity contribution in [2.75, 3.05) is 0 Å². The van der Waals surface area contributed by atoms with Gasteiger partial charge in [-0.1, -0.05) is 48.5 Å². The van der Waals surface area contributed by atoms with E-state index < -0.39 is 0 Å². The third kappa shape index (κ3) is 2.01. The molecule has 1 nitrogen and oxygen atoms in total. The van der Waals surface area contributed by atoms with Crippen LogP contribution in [0, 0.1) is 0 Å². The van der Waals surface area contributed by atoms with Crippen LogP contribution in [0.4, 0.5) is 0 Å². The summed E-state index contributed by atoms with van der Waals surface area (Å²) in [7, 11) is 0. The van der Waals surface area contributed by atoms with Crippen molar-refractivity contribution in [1.29, 1.82) is 0 Å². The minimum Gasteiger partial charge on any atom is -0.507 e. The summed E-state index contributed by atoms with van der Waals surface area (Å²) < 4.78 is 0. The van der Waals surface area contributed by atoms with E-state index in [2.05, 4.69) is 30.3 Å². The van der Waals surface area contributed by atoms with Crippen LogP contribution < -0.4 is 0 Å². The molecule has 0 fully saturated rings. The van der Waals surface area contributed by atoms with Crippen LogP contribution in [0.3, 0.4) is 0 Å². The fourth-order valence-corrected chi connectivity index (χ4v) is 3.56. The maximum atomic E-state index is 10.5. The van der Waals surface area contributed by atoms with Gasteiger partial charge in [-0.15, -0.1) is 0 Å². The zero-order valence-electron chi connectivity index (χ0n) is 12.0. The average Bonchev–Trinajstić information content (AvgIpc) is 2.54. The van der Waals surface area contributed by atoms with E-state index >= 15 is 0 Å². The standard InChI is InChI=1S/C20H18O/c21-19-13-12-15-7-2-4-10-17(15)20(19)18-11-5-8-14-6-1-3-9-16(14)18/h2,4-5,7-8,10-13,21H,1,3,6,9H2. The summed E-state index contributed by atoms with van der Waals surface area (Å²) in [4.78, 5) is 0. The zero-order valence-corrected chi connectivity index (χ0v) is 12.0. The third-order valence-electron chi connectivity index (χ3n) is 4.57. The predicted octanol–water partition coefficient (Wildman–Crippen LogP) is 5.09. The Bertz CT molecular complexity index is 817. The first kappa shape index (κ1) is 12.5. The van der Waals surface area contributed by atoms with Crippen molar-refractivity contribution >= 4 is 10.8 Å². The van der Waals surface area contributed by atoms with E-state index in [0.29, 0.717) is 5.75 Å². The van der Waals surface area contributed by atoms with E-state index in [1.165, 1.54) is 34.9 Å². The maximum Gasteiger partial charge on any atom is 0.124 e. The van der Waals surface area contributed by atoms with Crippen LogP contribution in [0.5, 0.6) is 5.75 Å². The van der Waals surface area contributed by atoms with Gasteiger partial charge in [0.25, 0.3) is 0 Å². The fraction of sp³-hybridized carbons (Fsp3) is 0.200. The first-order chi connectivity index (χ1) is 10.3. The second-order valence-electron chi connectivity index (χ2n) is 5.83. The molecular formula is C20H18O. The Hall–Kier alpha value is -2.28. The number of aryl methyl sites for hydroxylation is 1. The Kier molecular flexibility index (Phi) is 2.92. The van der Waals surface area contributed by atoms with Crippen molar-refractivity contribution in [3.05, 3.63) is 65.7 Å². The number of aromatic hydroxyl groups is 1. The molecule has 104 valence electrons. The molecule has 0 heterocycles. The second kappa shape index (κ2) is 4.92. The van der Waals surface area contributed by atoms with Crippen molar-refractivity contribution in [2.45, 2.75) is 25.7 Å². The van der Waals surface area contributed by atoms with Crippen molar-refractivity contribution < 1.29 is 5.11 Å². The molecule has 0 bridgehead atoms. The van der Waals surface area contributed by atoms with Gasteiger partial charge in [0.2, 0.25) is 0 Å². The summed E-state index contributed by atoms with van der Waals surface area (Å²) in [5.74, 6) is 0.382. The molecule has 1 N–H and O–H groups in total. The van der Waals surface area contributed by atoms with E-state index in [0.717, 1.165) is 23.8 Å². The second-order valence-corrected chi connectivity index (χ2v) is 5.83. The molecule has 0 atom stereocenters. The molecule has 4 rings (SSSR count). The number of hydrogen-bond donors (Lipinski definition) is 1. The van der Waals surface area contributed by atoms with E-state index in [1.807, 2.05) is 24.3 Å². The summed E-state index contributed by atoms with van der Waals surface area (Å²) in [5, 5.41) is 12.8. The molecule has 1 heteroatoms. The van der Waals surface area contributed by atoms with Gasteiger partial charge in [-0.2, -0.15) is 0 Å². The van der Waals surface area contributed by atoms with Crippen LogP contribution in [0.2, 0.25) is 0 Å². The molecule has 1 aliphatic rings. The van der Waals surface area contributed by atoms with Crippen LogP contribution in [-0.4, -0.2) is 5.11 Å². The van der Waals surface area contributed by atoms with E-state index in [4.69, 9.17) is 0 Å². The maximum absolute atomic E-state index is 10.5. The predicted molar refractivity (Wildman–Crippen MR) is 87.7 cm³/mol. The normalized spacial score (nSPS) is 14.1. The van der Waals surface area contributed by atoms with Crippen LogP contribution in [0.15, 0.2) is 54.6 Å². The number of fused-ring (bicyclic) bond motifs is 2. The van der Waals surface area contributed by atoms with Crippen LogP contribution in [-0.2, 0) is 12.8 Å². The highest BCUT2D eigenvalue weighted by Gasteiger charge is 2.17. The van der Waals surface area contributed by atoms with Gasteiger partial charge in [0.05, 0.1) is 0 Å². The van der Waals surface area contributed by atoms with Gasteiger partial charge >= 0.3 is 0 Å². The summed E-state index contributed by atoms with van der Waals surface area (Å²) in [6, 6.07) is 18.6. The quantitative estimate of drug-likeness (QED) is 0.655. The van der Waals surface area contributed by atoms with Crippen molar-refractivity contribution in [1.82, 2.24) is 0 Å². The van der Waals surface area contributed by atoms with Gasteiger partial charge < -0.3 is 5.11 Å². The Labute approximate surface area is 124 Å². The number of phenolic OH excluding ortho intramolecular Hbond substituents is 1. The molecule has 0 aliphatic heterocycles. The van der Waals surface area contributed by atoms with E-state index in [1.54, 1.807) is 0 Å². The molecule has 3 aromatic carbocycles. The van der Waals surface area contributed by atoms with Crippen LogP contribution in [0.1, 0.15) is 24.0 Å². The minimum atomic E-state index is 0.382. The lowest BCUT2D eigenvalue weighted by Crippen LogP contribution is -2.04. The Morgan fingerprint density at radius 1 is 0.762 bits per heavy atom. The summed E-state index contributed by atoms with van der Waals surface area (Å²) in [5.41, 5.74) is 5.08. The molecule has 0 amide bonds. The Morgan fingerprint density at radius 3 is 2.57 bits per heavy atom. The molecule has 3 aromatic rings. The SMILES string of the molecule is Oc1ccc2ccccc2c1-c1cccc2c1CCCC2. The lowest BCUT2D eigenvalue weighted by Gasteiger charge is -2.21. The number of benzene rings is 3. The van der Waals surface area contributed by atoms with Crippen LogP contribution >= 0.6 is 0 Å². The first-order valence-electron chi connectivity index (χ1n) is 7.66. The van der Waals surface area contributed by atoms with Gasteiger partial charge in [-0.3, -0.25) is 0 Å². The highest BCUT2D eigenvalue weighted by Crippen LogP contribution is 2.40. The smallest absolute Gasteiger partial charge is 0.124 e. The highest BCUT2D eigenvalue weighted by molar-refractivity contribution is 6.00. The van der Waals surface area contributed by atoms with Crippen molar-refractivity contribution in [2.24, 2.45) is 0 Å². The molecule has 0 saturated carbocycles. The number of rotatable bonds is 1. The van der Waals surface area contributed by atoms with Gasteiger partial charge in [0, 0.05) is 5.56 Å². The molecule has 0 aromatic heterocycles. The molecule has 0 saturated heterocycles. The fourth-order valence-electron chi connectivity index (χ4n) is 3.56. The van der Waals surface area contributed by atoms with Crippen molar-refractivity contribution in [3.8, 4) is 16.9 Å². The molecule has 21 heavy (non-hydrogen) atoms. The molecule has 0 radical (unpaired) electrons. The van der Waals surface area contributed by atoms with Gasteiger partial charge in [-0.25, -0.2) is 0 Å². The largest absolute Gasteiger partial charge is 0.507 e. The van der Waals surface area contributed by atoms with Gasteiger partial charge in [-0.05, 0) is 59.2 Å². The monoisotopic (exact) mass is 274 g/mol. The lowest BCUT2D eigenvalue weighted by atomic mass is 9.84. The van der Waals surface area contributed by atoms with E-state index in [9.17, 15) is 5.11 Å². The molecule has 0 unspecified atom stereocenters. The minimum absolute atomic E-state index is 0.382. The van der Waals surface area contributed by atoms with Gasteiger partial charge in [0.1, 0.15) is 5.75 Å². The number of hydrogen-bond acceptors (Lipinski definition) is 1. The molecular weight excluding hydrogens is 256 g/mol. The molecule has 1 aliphatic carbocycles. The summed E-state index contributed by atoms with van der Waals surface area (Å²) in [6.45, 7) is 0. The lowest BCUT2D eigenvalue weighted by molar-refractivity contribution is 0.478. The summed E-state index contributed by atoms with van der Waals surface area (Å²) >= 11 is 0. The topological polar surface area (TPSA) is 20.2 Å². The molecule has 0 spiro atoms. The van der Waals surface area contributed by atoms with Gasteiger partial charge in [0.15, 0.2) is 0 Å². The summed E-state index contributed by atoms with van der Waals surface area (Å²) in [6.07, 6.45) is 4.80. The zero-order chi connectivity index (χ0) is 14.2. The number of phenols is 1.